The molecule has 316 valence electrons. The standard InChI is InChI=1S/C47H76N2O6S/c1-10-54-40(50)46(41(51)55-11-2)21-14-33(15-22-46)35-17-19-43(7)37(42(35,5)6)18-20-45(9)38(43)13-12-36-39-34(32(3)4)16-23-47(39,25-24-44(36,45)8)48-26-27-49-28-30-56(52,53)31-29-49/h14,17,32,34,36-39,48H,10-13,15-16,18-31H2,1-9H3/t34-,36+,37-,38+,39+,43-,44+,45+,47-/m0/s1. The summed E-state index contributed by atoms with van der Waals surface area (Å²) in [5, 5.41) is 4.26. The second kappa shape index (κ2) is 15.1. The minimum Gasteiger partial charge on any atom is -0.465 e. The lowest BCUT2D eigenvalue weighted by atomic mass is 9.32. The lowest BCUT2D eigenvalue weighted by Gasteiger charge is -2.72. The zero-order valence-electron chi connectivity index (χ0n) is 36.6. The van der Waals surface area contributed by atoms with E-state index in [0.717, 1.165) is 25.4 Å². The van der Waals surface area contributed by atoms with Gasteiger partial charge in [-0.2, -0.15) is 0 Å². The molecule has 1 heterocycles. The maximum atomic E-state index is 13.2. The van der Waals surface area contributed by atoms with Gasteiger partial charge in [0.2, 0.25) is 0 Å². The Hall–Kier alpha value is -1.71. The molecule has 1 saturated heterocycles. The molecule has 0 spiro atoms. The Balaban J connectivity index is 1.12. The third kappa shape index (κ3) is 6.61. The molecule has 7 aliphatic rings. The van der Waals surface area contributed by atoms with E-state index in [1.165, 1.54) is 62.5 Å². The van der Waals surface area contributed by atoms with E-state index in [9.17, 15) is 18.0 Å². The van der Waals surface area contributed by atoms with Crippen molar-refractivity contribution < 1.29 is 27.5 Å². The highest BCUT2D eigenvalue weighted by Gasteiger charge is 2.70. The van der Waals surface area contributed by atoms with E-state index in [2.05, 4.69) is 70.8 Å². The molecule has 0 radical (unpaired) electrons. The summed E-state index contributed by atoms with van der Waals surface area (Å²) in [5.41, 5.74) is 2.48. The van der Waals surface area contributed by atoms with Crippen molar-refractivity contribution in [2.24, 2.45) is 62.6 Å². The maximum Gasteiger partial charge on any atom is 0.323 e. The molecular formula is C47H76N2O6S. The SMILES string of the molecule is CCOC(=O)C1(C(=O)OCC)CC=C(C2=CC[C@]3(C)[C@H]4CC[C@@H]5[C@H]6[C@H](C(C)C)CC[C@]6(NCCN6CCS(=O)(=O)CC6)CC[C@@]5(C)[C@]4(C)CC[C@H]3C2(C)C)CC1. The van der Waals surface area contributed by atoms with E-state index >= 15 is 0 Å². The Morgan fingerprint density at radius 2 is 1.50 bits per heavy atom. The molecule has 56 heavy (non-hydrogen) atoms. The van der Waals surface area contributed by atoms with Crippen LogP contribution in [0.15, 0.2) is 23.3 Å². The quantitative estimate of drug-likeness (QED) is 0.174. The summed E-state index contributed by atoms with van der Waals surface area (Å²) in [4.78, 5) is 28.8. The van der Waals surface area contributed by atoms with E-state index < -0.39 is 27.2 Å². The van der Waals surface area contributed by atoms with Crippen LogP contribution in [0.25, 0.3) is 0 Å². The van der Waals surface area contributed by atoms with Crippen LogP contribution in [0.1, 0.15) is 139 Å². The van der Waals surface area contributed by atoms with Gasteiger partial charge in [0, 0.05) is 31.7 Å². The monoisotopic (exact) mass is 797 g/mol. The Morgan fingerprint density at radius 1 is 0.821 bits per heavy atom. The van der Waals surface area contributed by atoms with Gasteiger partial charge in [-0.25, -0.2) is 8.42 Å². The van der Waals surface area contributed by atoms with Crippen LogP contribution in [-0.4, -0.2) is 81.7 Å². The molecule has 8 nitrogen and oxygen atoms in total. The first-order valence-electron chi connectivity index (χ1n) is 22.8. The zero-order chi connectivity index (χ0) is 40.5. The Bertz CT molecular complexity index is 1670. The van der Waals surface area contributed by atoms with Crippen molar-refractivity contribution in [2.75, 3.05) is 50.9 Å². The van der Waals surface area contributed by atoms with Crippen molar-refractivity contribution >= 4 is 21.8 Å². The van der Waals surface area contributed by atoms with E-state index in [1.807, 2.05) is 0 Å². The van der Waals surface area contributed by atoms with Gasteiger partial charge in [0.05, 0.1) is 24.7 Å². The molecule has 0 amide bonds. The van der Waals surface area contributed by atoms with E-state index in [4.69, 9.17) is 9.47 Å². The van der Waals surface area contributed by atoms with Crippen LogP contribution in [0.3, 0.4) is 0 Å². The lowest BCUT2D eigenvalue weighted by molar-refractivity contribution is -0.223. The molecule has 1 aliphatic heterocycles. The molecule has 4 saturated carbocycles. The molecule has 0 unspecified atom stereocenters. The molecule has 9 heteroatoms. The van der Waals surface area contributed by atoms with Crippen molar-refractivity contribution in [1.82, 2.24) is 10.2 Å². The number of fused-ring (bicyclic) bond motifs is 7. The molecule has 0 aromatic rings. The number of hydrogen-bond acceptors (Lipinski definition) is 8. The molecule has 5 fully saturated rings. The summed E-state index contributed by atoms with van der Waals surface area (Å²) >= 11 is 0. The molecular weight excluding hydrogens is 721 g/mol. The summed E-state index contributed by atoms with van der Waals surface area (Å²) in [5.74, 6) is 3.78. The number of nitrogens with one attached hydrogen (secondary N) is 1. The average molecular weight is 797 g/mol. The minimum atomic E-state index is -2.86. The topological polar surface area (TPSA) is 102 Å². The highest BCUT2D eigenvalue weighted by molar-refractivity contribution is 7.91. The molecule has 7 rings (SSSR count). The van der Waals surface area contributed by atoms with Gasteiger partial charge in [-0.05, 0) is 159 Å². The molecule has 0 bridgehead atoms. The average Bonchev–Trinajstić information content (AvgIpc) is 3.53. The number of carbonyl (C=O) groups is 2. The van der Waals surface area contributed by atoms with Crippen LogP contribution in [0.4, 0.5) is 0 Å². The minimum absolute atomic E-state index is 0.00978. The largest absolute Gasteiger partial charge is 0.465 e. The molecule has 6 aliphatic carbocycles. The zero-order valence-corrected chi connectivity index (χ0v) is 37.4. The van der Waals surface area contributed by atoms with Crippen LogP contribution in [-0.2, 0) is 28.9 Å². The third-order valence-electron chi connectivity index (χ3n) is 18.5. The predicted octanol–water partition coefficient (Wildman–Crippen LogP) is 8.56. The van der Waals surface area contributed by atoms with Crippen LogP contribution in [0.2, 0.25) is 0 Å². The molecule has 0 aromatic heterocycles. The highest BCUT2D eigenvalue weighted by Crippen LogP contribution is 2.76. The van der Waals surface area contributed by atoms with Crippen molar-refractivity contribution in [3.05, 3.63) is 23.3 Å². The first kappa shape index (κ1) is 42.4. The summed E-state index contributed by atoms with van der Waals surface area (Å²) in [6, 6.07) is 0. The summed E-state index contributed by atoms with van der Waals surface area (Å²) in [7, 11) is -2.86. The van der Waals surface area contributed by atoms with E-state index in [1.54, 1.807) is 13.8 Å². The van der Waals surface area contributed by atoms with Gasteiger partial charge in [0.15, 0.2) is 15.3 Å². The third-order valence-corrected chi connectivity index (χ3v) is 20.1. The van der Waals surface area contributed by atoms with Gasteiger partial charge in [-0.15, -0.1) is 0 Å². The van der Waals surface area contributed by atoms with Crippen LogP contribution < -0.4 is 5.32 Å². The van der Waals surface area contributed by atoms with Crippen LogP contribution >= 0.6 is 0 Å². The van der Waals surface area contributed by atoms with Crippen molar-refractivity contribution in [1.29, 1.82) is 0 Å². The Morgan fingerprint density at radius 3 is 2.11 bits per heavy atom. The molecule has 0 aromatic carbocycles. The van der Waals surface area contributed by atoms with Gasteiger partial charge in [0.1, 0.15) is 0 Å². The number of carbonyl (C=O) groups excluding carboxylic acids is 2. The Kier molecular flexibility index (Phi) is 11.4. The fourth-order valence-electron chi connectivity index (χ4n) is 15.4. The van der Waals surface area contributed by atoms with Crippen LogP contribution in [0, 0.1) is 62.6 Å². The number of sulfone groups is 1. The number of allylic oxidation sites excluding steroid dienone is 4. The highest BCUT2D eigenvalue weighted by atomic mass is 32.2. The van der Waals surface area contributed by atoms with Gasteiger partial charge in [0.25, 0.3) is 0 Å². The number of ether oxygens (including phenoxy) is 2. The second-order valence-electron chi connectivity index (χ2n) is 21.2. The van der Waals surface area contributed by atoms with Crippen LogP contribution in [0.5, 0.6) is 0 Å². The maximum absolute atomic E-state index is 13.2. The van der Waals surface area contributed by atoms with Crippen molar-refractivity contribution in [3.8, 4) is 0 Å². The van der Waals surface area contributed by atoms with Gasteiger partial charge in [-0.3, -0.25) is 9.59 Å². The molecule has 1 N–H and O–H groups in total. The fourth-order valence-corrected chi connectivity index (χ4v) is 16.7. The summed E-state index contributed by atoms with van der Waals surface area (Å²) in [6.07, 6.45) is 17.6. The number of nitrogens with zero attached hydrogens (tertiary/aromatic N) is 1. The van der Waals surface area contributed by atoms with Crippen molar-refractivity contribution in [3.63, 3.8) is 0 Å². The van der Waals surface area contributed by atoms with Crippen molar-refractivity contribution in [2.45, 2.75) is 145 Å². The smallest absolute Gasteiger partial charge is 0.323 e. The van der Waals surface area contributed by atoms with E-state index in [0.29, 0.717) is 78.9 Å². The number of rotatable bonds is 10. The normalized spacial score (nSPS) is 41.3. The summed E-state index contributed by atoms with van der Waals surface area (Å²) < 4.78 is 35.1. The molecule has 9 atom stereocenters. The Labute approximate surface area is 340 Å². The first-order chi connectivity index (χ1) is 26.3. The van der Waals surface area contributed by atoms with Gasteiger partial charge < -0.3 is 19.7 Å². The number of esters is 2. The van der Waals surface area contributed by atoms with E-state index in [-0.39, 0.29) is 35.0 Å². The number of hydrogen-bond donors (Lipinski definition) is 1. The second-order valence-corrected chi connectivity index (χ2v) is 23.5. The summed E-state index contributed by atoms with van der Waals surface area (Å²) in [6.45, 7) is 25.4. The van der Waals surface area contributed by atoms with Gasteiger partial charge >= 0.3 is 11.9 Å². The lowest BCUT2D eigenvalue weighted by Crippen LogP contribution is -2.68. The predicted molar refractivity (Wildman–Crippen MR) is 223 cm³/mol. The van der Waals surface area contributed by atoms with Gasteiger partial charge in [-0.1, -0.05) is 60.6 Å². The first-order valence-corrected chi connectivity index (χ1v) is 24.6. The fraction of sp³-hybridized carbons (Fsp3) is 0.872.